The number of carbonyl (C=O) groups is 1. The van der Waals surface area contributed by atoms with E-state index in [2.05, 4.69) is 15.2 Å². The summed E-state index contributed by atoms with van der Waals surface area (Å²) in [6, 6.07) is 9.56. The molecule has 2 aliphatic heterocycles. The number of alkyl halides is 3. The number of anilines is 1. The fourth-order valence-electron chi connectivity index (χ4n) is 4.04. The number of aliphatic hydroxyl groups excluding tert-OH is 1. The Morgan fingerprint density at radius 1 is 1.21 bits per heavy atom. The van der Waals surface area contributed by atoms with Crippen LogP contribution in [0.2, 0.25) is 0 Å². The number of aliphatic hydroxyl groups is 1. The lowest BCUT2D eigenvalue weighted by atomic mass is 10.0. The van der Waals surface area contributed by atoms with Gasteiger partial charge in [0, 0.05) is 36.8 Å². The van der Waals surface area contributed by atoms with Crippen molar-refractivity contribution in [1.29, 1.82) is 0 Å². The van der Waals surface area contributed by atoms with E-state index < -0.39 is 18.9 Å². The van der Waals surface area contributed by atoms with Crippen molar-refractivity contribution in [2.24, 2.45) is 0 Å². The number of rotatable bonds is 6. The van der Waals surface area contributed by atoms with Gasteiger partial charge in [0.25, 0.3) is 5.91 Å². The van der Waals surface area contributed by atoms with Gasteiger partial charge in [0.05, 0.1) is 11.8 Å². The summed E-state index contributed by atoms with van der Waals surface area (Å²) in [6.07, 6.45) is -2.91. The van der Waals surface area contributed by atoms with Crippen molar-refractivity contribution in [3.05, 3.63) is 42.0 Å². The van der Waals surface area contributed by atoms with E-state index in [1.807, 2.05) is 11.9 Å². The molecule has 3 heterocycles. The average Bonchev–Trinajstić information content (AvgIpc) is 2.75. The Kier molecular flexibility index (Phi) is 6.76. The first kappa shape index (κ1) is 23.3. The number of halogens is 3. The maximum Gasteiger partial charge on any atom is 0.422 e. The Bertz CT molecular complexity index is 978. The van der Waals surface area contributed by atoms with Crippen molar-refractivity contribution in [2.45, 2.75) is 31.2 Å². The third kappa shape index (κ3) is 6.14. The highest BCUT2D eigenvalue weighted by molar-refractivity contribution is 5.96. The summed E-state index contributed by atoms with van der Waals surface area (Å²) in [4.78, 5) is 21.7. The lowest BCUT2D eigenvalue weighted by Crippen LogP contribution is -2.51. The molecule has 2 aliphatic rings. The SMILES string of the molecule is CN1CCC[C@@H](NC(=O)c2cc(-c3ccc(OCC(F)(F)F)cc3)nc(N3CC(O)C3)c2)C1. The zero-order chi connectivity index (χ0) is 23.6. The number of β-amino-alcohol motifs (C(OH)–C–C–N with tert-alkyl or cyclic N) is 1. The number of piperidine rings is 1. The molecule has 0 radical (unpaired) electrons. The van der Waals surface area contributed by atoms with Crippen molar-refractivity contribution >= 4 is 11.7 Å². The quantitative estimate of drug-likeness (QED) is 0.685. The Morgan fingerprint density at radius 2 is 1.94 bits per heavy atom. The molecule has 2 saturated heterocycles. The smallest absolute Gasteiger partial charge is 0.422 e. The maximum absolute atomic E-state index is 13.0. The summed E-state index contributed by atoms with van der Waals surface area (Å²) in [5.41, 5.74) is 1.60. The van der Waals surface area contributed by atoms with Gasteiger partial charge in [0.1, 0.15) is 11.6 Å². The van der Waals surface area contributed by atoms with E-state index in [0.717, 1.165) is 25.9 Å². The highest BCUT2D eigenvalue weighted by atomic mass is 19.4. The van der Waals surface area contributed by atoms with E-state index in [1.54, 1.807) is 24.3 Å². The Balaban J connectivity index is 1.55. The second-order valence-electron chi connectivity index (χ2n) is 8.66. The molecule has 1 aromatic carbocycles. The van der Waals surface area contributed by atoms with Gasteiger partial charge >= 0.3 is 6.18 Å². The molecular weight excluding hydrogens is 437 g/mol. The van der Waals surface area contributed by atoms with Crippen LogP contribution in [0.5, 0.6) is 5.75 Å². The van der Waals surface area contributed by atoms with Crippen LogP contribution < -0.4 is 15.0 Å². The van der Waals surface area contributed by atoms with Crippen LogP contribution in [-0.2, 0) is 0 Å². The molecule has 0 bridgehead atoms. The number of likely N-dealkylation sites (tertiary alicyclic amines) is 1. The highest BCUT2D eigenvalue weighted by Gasteiger charge is 2.29. The predicted octanol–water partition coefficient (Wildman–Crippen LogP) is 2.69. The number of carbonyl (C=O) groups excluding carboxylic acids is 1. The van der Waals surface area contributed by atoms with Gasteiger partial charge in [-0.3, -0.25) is 4.79 Å². The number of benzene rings is 1. The number of hydrogen-bond acceptors (Lipinski definition) is 6. The van der Waals surface area contributed by atoms with Crippen LogP contribution >= 0.6 is 0 Å². The molecule has 0 spiro atoms. The van der Waals surface area contributed by atoms with Gasteiger partial charge < -0.3 is 25.0 Å². The third-order valence-electron chi connectivity index (χ3n) is 5.77. The second-order valence-corrected chi connectivity index (χ2v) is 8.66. The molecule has 2 aromatic rings. The van der Waals surface area contributed by atoms with Crippen LogP contribution in [0.4, 0.5) is 19.0 Å². The molecule has 0 saturated carbocycles. The Morgan fingerprint density at radius 3 is 2.58 bits per heavy atom. The number of aromatic nitrogens is 1. The number of amides is 1. The molecule has 33 heavy (non-hydrogen) atoms. The Labute approximate surface area is 190 Å². The average molecular weight is 464 g/mol. The number of likely N-dealkylation sites (N-methyl/N-ethyl adjacent to an activating group) is 1. The molecule has 2 fully saturated rings. The van der Waals surface area contributed by atoms with Crippen LogP contribution in [0.3, 0.4) is 0 Å². The van der Waals surface area contributed by atoms with Crippen molar-refractivity contribution < 1.29 is 27.8 Å². The lowest BCUT2D eigenvalue weighted by molar-refractivity contribution is -0.153. The normalized spacial score (nSPS) is 19.8. The summed E-state index contributed by atoms with van der Waals surface area (Å²) in [5, 5.41) is 12.8. The molecular formula is C23H27F3N4O3. The van der Waals surface area contributed by atoms with Crippen LogP contribution in [0, 0.1) is 0 Å². The van der Waals surface area contributed by atoms with Gasteiger partial charge in [-0.25, -0.2) is 4.98 Å². The van der Waals surface area contributed by atoms with Crippen LogP contribution in [-0.4, -0.2) is 79.1 Å². The minimum absolute atomic E-state index is 0.0622. The summed E-state index contributed by atoms with van der Waals surface area (Å²) < 4.78 is 41.9. The molecule has 7 nitrogen and oxygen atoms in total. The van der Waals surface area contributed by atoms with Crippen molar-refractivity contribution in [1.82, 2.24) is 15.2 Å². The van der Waals surface area contributed by atoms with Crippen molar-refractivity contribution in [3.63, 3.8) is 0 Å². The number of nitrogens with zero attached hydrogens (tertiary/aromatic N) is 3. The maximum atomic E-state index is 13.0. The highest BCUT2D eigenvalue weighted by Crippen LogP contribution is 2.28. The van der Waals surface area contributed by atoms with Crippen LogP contribution in [0.1, 0.15) is 23.2 Å². The minimum atomic E-state index is -4.41. The van der Waals surface area contributed by atoms with Gasteiger partial charge in [-0.2, -0.15) is 13.2 Å². The molecule has 1 amide bonds. The predicted molar refractivity (Wildman–Crippen MR) is 117 cm³/mol. The Hall–Kier alpha value is -2.85. The number of hydrogen-bond donors (Lipinski definition) is 2. The zero-order valence-corrected chi connectivity index (χ0v) is 18.3. The lowest BCUT2D eigenvalue weighted by Gasteiger charge is -2.37. The van der Waals surface area contributed by atoms with Crippen LogP contribution in [0.15, 0.2) is 36.4 Å². The molecule has 2 N–H and O–H groups in total. The molecule has 10 heteroatoms. The fourth-order valence-corrected chi connectivity index (χ4v) is 4.04. The molecule has 1 atom stereocenters. The van der Waals surface area contributed by atoms with Crippen molar-refractivity contribution in [2.75, 3.05) is 44.7 Å². The fraction of sp³-hybridized carbons (Fsp3) is 0.478. The first-order valence-electron chi connectivity index (χ1n) is 10.9. The largest absolute Gasteiger partial charge is 0.484 e. The van der Waals surface area contributed by atoms with Gasteiger partial charge in [-0.15, -0.1) is 0 Å². The van der Waals surface area contributed by atoms with E-state index in [-0.39, 0.29) is 17.7 Å². The number of pyridine rings is 1. The summed E-state index contributed by atoms with van der Waals surface area (Å²) in [6.45, 7) is 1.28. The standard InChI is InChI=1S/C23H27F3N4O3/c1-29-8-2-3-17(11-29)27-22(32)16-9-20(28-21(10-16)30-12-18(31)13-30)15-4-6-19(7-5-15)33-14-23(24,25)26/h4-7,9-10,17-18,31H,2-3,8,11-14H2,1H3,(H,27,32)/t17-/m1/s1. The molecule has 0 aliphatic carbocycles. The number of ether oxygens (including phenoxy) is 1. The van der Waals surface area contributed by atoms with E-state index in [4.69, 9.17) is 4.74 Å². The van der Waals surface area contributed by atoms with Gasteiger partial charge in [0.2, 0.25) is 0 Å². The monoisotopic (exact) mass is 464 g/mol. The second kappa shape index (κ2) is 9.56. The van der Waals surface area contributed by atoms with Gasteiger partial charge in [0.15, 0.2) is 6.61 Å². The van der Waals surface area contributed by atoms with E-state index in [9.17, 15) is 23.1 Å². The first-order chi connectivity index (χ1) is 15.7. The molecule has 1 aromatic heterocycles. The summed E-state index contributed by atoms with van der Waals surface area (Å²) in [7, 11) is 2.03. The van der Waals surface area contributed by atoms with E-state index >= 15 is 0 Å². The molecule has 0 unspecified atom stereocenters. The third-order valence-corrected chi connectivity index (χ3v) is 5.77. The molecule has 178 valence electrons. The zero-order valence-electron chi connectivity index (χ0n) is 18.3. The number of nitrogens with one attached hydrogen (secondary N) is 1. The topological polar surface area (TPSA) is 77.9 Å². The van der Waals surface area contributed by atoms with Gasteiger partial charge in [-0.1, -0.05) is 0 Å². The summed E-state index contributed by atoms with van der Waals surface area (Å²) in [5.74, 6) is 0.463. The first-order valence-corrected chi connectivity index (χ1v) is 10.9. The summed E-state index contributed by atoms with van der Waals surface area (Å²) >= 11 is 0. The van der Waals surface area contributed by atoms with Gasteiger partial charge in [-0.05, 0) is 62.8 Å². The minimum Gasteiger partial charge on any atom is -0.484 e. The molecule has 4 rings (SSSR count). The van der Waals surface area contributed by atoms with Crippen LogP contribution in [0.25, 0.3) is 11.3 Å². The van der Waals surface area contributed by atoms with E-state index in [0.29, 0.717) is 35.7 Å². The van der Waals surface area contributed by atoms with E-state index in [1.165, 1.54) is 12.1 Å². The van der Waals surface area contributed by atoms with Crippen molar-refractivity contribution in [3.8, 4) is 17.0 Å².